The Kier molecular flexibility index (Phi) is 3.36. The van der Waals surface area contributed by atoms with Gasteiger partial charge in [-0.15, -0.1) is 0 Å². The molecule has 6 rings (SSSR count). The first kappa shape index (κ1) is 16.4. The summed E-state index contributed by atoms with van der Waals surface area (Å²) in [5.74, 6) is 0. The first-order valence-corrected chi connectivity index (χ1v) is 10.1. The number of fused-ring (bicyclic) bond motifs is 5. The molecule has 4 aromatic carbocycles. The SMILES string of the molecule is CC(C)n1cnc2c(-n3c4ccccc4c4cc5ccccc5cc43)cccc21. The van der Waals surface area contributed by atoms with Crippen LogP contribution in [-0.2, 0) is 0 Å². The lowest BCUT2D eigenvalue weighted by atomic mass is 10.1. The number of aromatic nitrogens is 3. The van der Waals surface area contributed by atoms with Gasteiger partial charge in [0.1, 0.15) is 5.52 Å². The molecule has 0 radical (unpaired) electrons. The molecule has 0 spiro atoms. The van der Waals surface area contributed by atoms with Gasteiger partial charge < -0.3 is 9.13 Å². The van der Waals surface area contributed by atoms with Gasteiger partial charge in [0.05, 0.1) is 28.6 Å². The minimum atomic E-state index is 0.373. The van der Waals surface area contributed by atoms with Crippen LogP contribution in [0.2, 0.25) is 0 Å². The zero-order valence-electron chi connectivity index (χ0n) is 16.5. The van der Waals surface area contributed by atoms with Crippen LogP contribution in [0.5, 0.6) is 0 Å². The van der Waals surface area contributed by atoms with Gasteiger partial charge in [0.25, 0.3) is 0 Å². The summed E-state index contributed by atoms with van der Waals surface area (Å²) in [6, 6.07) is 28.7. The van der Waals surface area contributed by atoms with E-state index in [2.05, 4.69) is 102 Å². The molecule has 0 saturated heterocycles. The van der Waals surface area contributed by atoms with Gasteiger partial charge in [-0.25, -0.2) is 4.98 Å². The fraction of sp³-hybridized carbons (Fsp3) is 0.115. The average molecular weight is 375 g/mol. The van der Waals surface area contributed by atoms with Crippen molar-refractivity contribution in [2.24, 2.45) is 0 Å². The van der Waals surface area contributed by atoms with Crippen LogP contribution in [0.3, 0.4) is 0 Å². The van der Waals surface area contributed by atoms with E-state index < -0.39 is 0 Å². The van der Waals surface area contributed by atoms with Crippen molar-refractivity contribution in [2.45, 2.75) is 19.9 Å². The Bertz CT molecular complexity index is 1530. The van der Waals surface area contributed by atoms with E-state index in [-0.39, 0.29) is 0 Å². The van der Waals surface area contributed by atoms with Crippen LogP contribution in [0.15, 0.2) is 85.2 Å². The Balaban J connectivity index is 1.80. The molecule has 0 unspecified atom stereocenters. The molecule has 0 bridgehead atoms. The third-order valence-electron chi connectivity index (χ3n) is 5.92. The van der Waals surface area contributed by atoms with Gasteiger partial charge in [-0.05, 0) is 55.0 Å². The Morgan fingerprint density at radius 1 is 0.690 bits per heavy atom. The number of para-hydroxylation sites is 2. The van der Waals surface area contributed by atoms with E-state index >= 15 is 0 Å². The number of hydrogen-bond donors (Lipinski definition) is 0. The molecule has 0 atom stereocenters. The maximum atomic E-state index is 4.81. The maximum absolute atomic E-state index is 4.81. The second-order valence-corrected chi connectivity index (χ2v) is 7.96. The Morgan fingerprint density at radius 2 is 1.41 bits per heavy atom. The molecule has 140 valence electrons. The lowest BCUT2D eigenvalue weighted by Gasteiger charge is -2.11. The standard InChI is InChI=1S/C26H21N3/c1-17(2)28-16-27-26-23(28)12-7-13-24(26)29-22-11-6-5-10-20(22)21-14-18-8-3-4-9-19(18)15-25(21)29/h3-17H,1-2H3. The third kappa shape index (κ3) is 2.27. The minimum Gasteiger partial charge on any atom is -0.328 e. The average Bonchev–Trinajstić information content (AvgIpc) is 3.31. The van der Waals surface area contributed by atoms with Crippen molar-refractivity contribution < 1.29 is 0 Å². The van der Waals surface area contributed by atoms with Gasteiger partial charge in [0.15, 0.2) is 0 Å². The molecule has 0 aliphatic rings. The van der Waals surface area contributed by atoms with Crippen molar-refractivity contribution >= 4 is 43.6 Å². The van der Waals surface area contributed by atoms with Gasteiger partial charge in [-0.1, -0.05) is 48.5 Å². The van der Waals surface area contributed by atoms with Crippen molar-refractivity contribution in [3.63, 3.8) is 0 Å². The number of benzene rings is 4. The van der Waals surface area contributed by atoms with E-state index in [0.717, 1.165) is 11.2 Å². The molecular formula is C26H21N3. The Labute approximate surface area is 168 Å². The summed E-state index contributed by atoms with van der Waals surface area (Å²) in [6.45, 7) is 4.39. The molecule has 6 aromatic rings. The van der Waals surface area contributed by atoms with Crippen molar-refractivity contribution in [2.75, 3.05) is 0 Å². The van der Waals surface area contributed by atoms with Crippen LogP contribution in [0.25, 0.3) is 49.3 Å². The molecule has 2 heterocycles. The van der Waals surface area contributed by atoms with Crippen molar-refractivity contribution in [1.82, 2.24) is 14.1 Å². The highest BCUT2D eigenvalue weighted by Crippen LogP contribution is 2.36. The number of imidazole rings is 1. The maximum Gasteiger partial charge on any atom is 0.112 e. The first-order chi connectivity index (χ1) is 14.2. The van der Waals surface area contributed by atoms with Gasteiger partial charge >= 0.3 is 0 Å². The summed E-state index contributed by atoms with van der Waals surface area (Å²) in [7, 11) is 0. The lowest BCUT2D eigenvalue weighted by molar-refractivity contribution is 0.617. The molecule has 0 amide bonds. The number of rotatable bonds is 2. The fourth-order valence-electron chi connectivity index (χ4n) is 4.55. The summed E-state index contributed by atoms with van der Waals surface area (Å²) >= 11 is 0. The van der Waals surface area contributed by atoms with Gasteiger partial charge in [-0.2, -0.15) is 0 Å². The Morgan fingerprint density at radius 3 is 2.24 bits per heavy atom. The summed E-state index contributed by atoms with van der Waals surface area (Å²) in [5.41, 5.74) is 5.77. The molecule has 0 saturated carbocycles. The highest BCUT2D eigenvalue weighted by molar-refractivity contribution is 6.14. The quantitative estimate of drug-likeness (QED) is 0.324. The van der Waals surface area contributed by atoms with E-state index in [9.17, 15) is 0 Å². The monoisotopic (exact) mass is 375 g/mol. The molecule has 3 nitrogen and oxygen atoms in total. The van der Waals surface area contributed by atoms with E-state index in [1.165, 1.54) is 38.1 Å². The normalized spacial score (nSPS) is 12.1. The summed E-state index contributed by atoms with van der Waals surface area (Å²) in [6.07, 6.45) is 1.96. The molecule has 3 heteroatoms. The van der Waals surface area contributed by atoms with Gasteiger partial charge in [0, 0.05) is 16.8 Å². The first-order valence-electron chi connectivity index (χ1n) is 10.1. The molecular weight excluding hydrogens is 354 g/mol. The zero-order valence-corrected chi connectivity index (χ0v) is 16.5. The number of nitrogens with zero attached hydrogens (tertiary/aromatic N) is 3. The van der Waals surface area contributed by atoms with Crippen LogP contribution < -0.4 is 0 Å². The fourth-order valence-corrected chi connectivity index (χ4v) is 4.55. The van der Waals surface area contributed by atoms with Crippen molar-refractivity contribution in [3.05, 3.63) is 85.2 Å². The molecule has 0 aliphatic heterocycles. The zero-order chi connectivity index (χ0) is 19.5. The number of hydrogen-bond acceptors (Lipinski definition) is 1. The molecule has 2 aromatic heterocycles. The van der Waals surface area contributed by atoms with Crippen LogP contribution in [0.4, 0.5) is 0 Å². The van der Waals surface area contributed by atoms with E-state index in [1.54, 1.807) is 0 Å². The van der Waals surface area contributed by atoms with Crippen molar-refractivity contribution in [1.29, 1.82) is 0 Å². The van der Waals surface area contributed by atoms with E-state index in [1.807, 2.05) is 6.33 Å². The second kappa shape index (κ2) is 5.95. The predicted molar refractivity (Wildman–Crippen MR) is 122 cm³/mol. The highest BCUT2D eigenvalue weighted by atomic mass is 15.1. The summed E-state index contributed by atoms with van der Waals surface area (Å²) in [5, 5.41) is 5.07. The molecule has 0 N–H and O–H groups in total. The third-order valence-corrected chi connectivity index (χ3v) is 5.92. The smallest absolute Gasteiger partial charge is 0.112 e. The van der Waals surface area contributed by atoms with E-state index in [4.69, 9.17) is 4.98 Å². The lowest BCUT2D eigenvalue weighted by Crippen LogP contribution is -1.99. The molecule has 0 aliphatic carbocycles. The van der Waals surface area contributed by atoms with E-state index in [0.29, 0.717) is 6.04 Å². The van der Waals surface area contributed by atoms with Gasteiger partial charge in [0.2, 0.25) is 0 Å². The van der Waals surface area contributed by atoms with Crippen molar-refractivity contribution in [3.8, 4) is 5.69 Å². The topological polar surface area (TPSA) is 22.8 Å². The highest BCUT2D eigenvalue weighted by Gasteiger charge is 2.17. The van der Waals surface area contributed by atoms with Crippen LogP contribution in [0.1, 0.15) is 19.9 Å². The Hall–Kier alpha value is -3.59. The minimum absolute atomic E-state index is 0.373. The largest absolute Gasteiger partial charge is 0.328 e. The van der Waals surface area contributed by atoms with Crippen LogP contribution in [0, 0.1) is 0 Å². The van der Waals surface area contributed by atoms with Gasteiger partial charge in [-0.3, -0.25) is 0 Å². The second-order valence-electron chi connectivity index (χ2n) is 7.96. The van der Waals surface area contributed by atoms with Crippen LogP contribution >= 0.6 is 0 Å². The molecule has 0 fully saturated rings. The van der Waals surface area contributed by atoms with Crippen LogP contribution in [-0.4, -0.2) is 14.1 Å². The molecule has 29 heavy (non-hydrogen) atoms. The summed E-state index contributed by atoms with van der Waals surface area (Å²) < 4.78 is 4.61. The predicted octanol–water partition coefficient (Wildman–Crippen LogP) is 6.87. The summed E-state index contributed by atoms with van der Waals surface area (Å²) in [4.78, 5) is 4.81.